The normalized spacial score (nSPS) is 10.6. The van der Waals surface area contributed by atoms with Crippen LogP contribution in [-0.4, -0.2) is 17.2 Å². The number of aliphatic hydroxyl groups excluding tert-OH is 1. The zero-order valence-corrected chi connectivity index (χ0v) is 8.82. The average Bonchev–Trinajstić information content (AvgIpc) is 2.26. The Morgan fingerprint density at radius 3 is 2.80 bits per heavy atom. The molecule has 3 nitrogen and oxygen atoms in total. The van der Waals surface area contributed by atoms with Crippen LogP contribution in [0, 0.1) is 6.92 Å². The molecule has 1 aromatic heterocycles. The lowest BCUT2D eigenvalue weighted by Crippen LogP contribution is -1.92. The summed E-state index contributed by atoms with van der Waals surface area (Å²) in [5.41, 5.74) is 2.63. The summed E-state index contributed by atoms with van der Waals surface area (Å²) in [6.07, 6.45) is 0. The molecule has 0 saturated carbocycles. The van der Waals surface area contributed by atoms with Crippen molar-refractivity contribution in [2.24, 2.45) is 0 Å². The Labute approximate surface area is 88.3 Å². The lowest BCUT2D eigenvalue weighted by molar-refractivity contribution is 0.282. The van der Waals surface area contributed by atoms with E-state index in [2.05, 4.69) is 4.98 Å². The number of nitrogens with zero attached hydrogens (tertiary/aromatic N) is 1. The molecule has 0 amide bonds. The van der Waals surface area contributed by atoms with Crippen LogP contribution in [0.15, 0.2) is 24.3 Å². The van der Waals surface area contributed by atoms with Crippen molar-refractivity contribution in [3.05, 3.63) is 35.5 Å². The first-order valence-corrected chi connectivity index (χ1v) is 4.79. The van der Waals surface area contributed by atoms with E-state index in [1.165, 1.54) is 0 Å². The lowest BCUT2D eigenvalue weighted by Gasteiger charge is -2.07. The second-order valence-corrected chi connectivity index (χ2v) is 3.48. The van der Waals surface area contributed by atoms with Gasteiger partial charge in [-0.3, -0.25) is 4.98 Å². The molecule has 1 aromatic carbocycles. The highest BCUT2D eigenvalue weighted by Crippen LogP contribution is 2.25. The molecule has 0 atom stereocenters. The maximum Gasteiger partial charge on any atom is 0.130 e. The first-order chi connectivity index (χ1) is 7.24. The van der Waals surface area contributed by atoms with Crippen molar-refractivity contribution in [2.45, 2.75) is 13.5 Å². The predicted molar refractivity (Wildman–Crippen MR) is 59.0 cm³/mol. The van der Waals surface area contributed by atoms with Gasteiger partial charge in [-0.1, -0.05) is 6.07 Å². The largest absolute Gasteiger partial charge is 0.496 e. The molecule has 2 aromatic rings. The maximum atomic E-state index is 9.03. The summed E-state index contributed by atoms with van der Waals surface area (Å²) in [5, 5.41) is 10.0. The van der Waals surface area contributed by atoms with Gasteiger partial charge in [0.2, 0.25) is 0 Å². The van der Waals surface area contributed by atoms with Crippen LogP contribution in [0.4, 0.5) is 0 Å². The van der Waals surface area contributed by atoms with Crippen molar-refractivity contribution in [1.29, 1.82) is 0 Å². The Kier molecular flexibility index (Phi) is 2.56. The third-order valence-corrected chi connectivity index (χ3v) is 2.37. The second kappa shape index (κ2) is 3.87. The zero-order chi connectivity index (χ0) is 10.8. The quantitative estimate of drug-likeness (QED) is 0.812. The van der Waals surface area contributed by atoms with Crippen LogP contribution in [0.25, 0.3) is 10.9 Å². The molecule has 0 saturated heterocycles. The molecule has 2 rings (SSSR count). The number of pyridine rings is 1. The number of rotatable bonds is 2. The molecule has 0 aliphatic carbocycles. The number of hydrogen-bond donors (Lipinski definition) is 1. The second-order valence-electron chi connectivity index (χ2n) is 3.48. The van der Waals surface area contributed by atoms with Crippen molar-refractivity contribution >= 4 is 10.9 Å². The third-order valence-electron chi connectivity index (χ3n) is 2.37. The first kappa shape index (κ1) is 9.93. The first-order valence-electron chi connectivity index (χ1n) is 4.79. The minimum atomic E-state index is 0.0356. The number of methoxy groups -OCH3 is 1. The summed E-state index contributed by atoms with van der Waals surface area (Å²) in [6.45, 7) is 1.96. The van der Waals surface area contributed by atoms with E-state index in [0.29, 0.717) is 0 Å². The van der Waals surface area contributed by atoms with Gasteiger partial charge in [0.25, 0.3) is 0 Å². The Hall–Kier alpha value is -1.61. The Bertz CT molecular complexity index is 494. The summed E-state index contributed by atoms with van der Waals surface area (Å²) < 4.78 is 5.28. The number of hydrogen-bond acceptors (Lipinski definition) is 3. The minimum Gasteiger partial charge on any atom is -0.496 e. The van der Waals surface area contributed by atoms with Gasteiger partial charge in [0, 0.05) is 17.1 Å². The number of aromatic nitrogens is 1. The number of aryl methyl sites for hydroxylation is 1. The van der Waals surface area contributed by atoms with Crippen LogP contribution in [0.5, 0.6) is 5.75 Å². The standard InChI is InChI=1S/C12H13NO2/c1-8-5-12(15-2)10-4-3-9(7-14)6-11(10)13-8/h3-6,14H,7H2,1-2H3. The Morgan fingerprint density at radius 2 is 2.13 bits per heavy atom. The number of benzene rings is 1. The fourth-order valence-electron chi connectivity index (χ4n) is 1.64. The summed E-state index contributed by atoms with van der Waals surface area (Å²) >= 11 is 0. The molecule has 3 heteroatoms. The minimum absolute atomic E-state index is 0.0356. The Morgan fingerprint density at radius 1 is 1.33 bits per heavy atom. The number of aliphatic hydroxyl groups is 1. The van der Waals surface area contributed by atoms with Gasteiger partial charge in [-0.2, -0.15) is 0 Å². The highest BCUT2D eigenvalue weighted by Gasteiger charge is 2.04. The Balaban J connectivity index is 2.72. The van der Waals surface area contributed by atoms with Gasteiger partial charge in [-0.15, -0.1) is 0 Å². The van der Waals surface area contributed by atoms with E-state index in [1.807, 2.05) is 31.2 Å². The molecule has 0 aliphatic heterocycles. The molecule has 0 spiro atoms. The van der Waals surface area contributed by atoms with Gasteiger partial charge in [0.15, 0.2) is 0 Å². The monoisotopic (exact) mass is 203 g/mol. The van der Waals surface area contributed by atoms with Crippen molar-refractivity contribution in [2.75, 3.05) is 7.11 Å². The highest BCUT2D eigenvalue weighted by molar-refractivity contribution is 5.85. The van der Waals surface area contributed by atoms with Gasteiger partial charge in [-0.25, -0.2) is 0 Å². The van der Waals surface area contributed by atoms with Crippen LogP contribution >= 0.6 is 0 Å². The van der Waals surface area contributed by atoms with E-state index in [-0.39, 0.29) is 6.61 Å². The van der Waals surface area contributed by atoms with E-state index in [0.717, 1.165) is 27.9 Å². The molecule has 78 valence electrons. The summed E-state index contributed by atoms with van der Waals surface area (Å²) in [5.74, 6) is 0.821. The van der Waals surface area contributed by atoms with Crippen LogP contribution in [-0.2, 0) is 6.61 Å². The SMILES string of the molecule is COc1cc(C)nc2cc(CO)ccc12. The molecular weight excluding hydrogens is 190 g/mol. The third kappa shape index (κ3) is 1.78. The highest BCUT2D eigenvalue weighted by atomic mass is 16.5. The molecule has 15 heavy (non-hydrogen) atoms. The average molecular weight is 203 g/mol. The van der Waals surface area contributed by atoms with Crippen molar-refractivity contribution in [1.82, 2.24) is 4.98 Å². The van der Waals surface area contributed by atoms with Crippen molar-refractivity contribution in [3.8, 4) is 5.75 Å². The van der Waals surface area contributed by atoms with Gasteiger partial charge in [0.1, 0.15) is 5.75 Å². The molecular formula is C12H13NO2. The van der Waals surface area contributed by atoms with Crippen LogP contribution < -0.4 is 4.74 Å². The van der Waals surface area contributed by atoms with E-state index < -0.39 is 0 Å². The smallest absolute Gasteiger partial charge is 0.130 e. The van der Waals surface area contributed by atoms with Crippen LogP contribution in [0.1, 0.15) is 11.3 Å². The zero-order valence-electron chi connectivity index (χ0n) is 8.82. The van der Waals surface area contributed by atoms with Gasteiger partial charge < -0.3 is 9.84 Å². The molecule has 0 aliphatic rings. The number of ether oxygens (including phenoxy) is 1. The number of fused-ring (bicyclic) bond motifs is 1. The van der Waals surface area contributed by atoms with Crippen LogP contribution in [0.2, 0.25) is 0 Å². The summed E-state index contributed by atoms with van der Waals surface area (Å²) in [7, 11) is 1.65. The molecule has 0 unspecified atom stereocenters. The van der Waals surface area contributed by atoms with E-state index in [9.17, 15) is 0 Å². The molecule has 1 N–H and O–H groups in total. The summed E-state index contributed by atoms with van der Waals surface area (Å²) in [4.78, 5) is 4.40. The maximum absolute atomic E-state index is 9.03. The van der Waals surface area contributed by atoms with Gasteiger partial charge in [0.05, 0.1) is 19.2 Å². The van der Waals surface area contributed by atoms with E-state index in [4.69, 9.17) is 9.84 Å². The van der Waals surface area contributed by atoms with Crippen molar-refractivity contribution < 1.29 is 9.84 Å². The molecule has 0 fully saturated rings. The fraction of sp³-hybridized carbons (Fsp3) is 0.250. The lowest BCUT2D eigenvalue weighted by atomic mass is 10.1. The van der Waals surface area contributed by atoms with Gasteiger partial charge >= 0.3 is 0 Å². The predicted octanol–water partition coefficient (Wildman–Crippen LogP) is 2.04. The molecule has 0 radical (unpaired) electrons. The fourth-order valence-corrected chi connectivity index (χ4v) is 1.64. The summed E-state index contributed by atoms with van der Waals surface area (Å²) in [6, 6.07) is 7.58. The molecule has 1 heterocycles. The molecule has 0 bridgehead atoms. The topological polar surface area (TPSA) is 42.4 Å². The van der Waals surface area contributed by atoms with Crippen molar-refractivity contribution in [3.63, 3.8) is 0 Å². The van der Waals surface area contributed by atoms with Crippen LogP contribution in [0.3, 0.4) is 0 Å². The van der Waals surface area contributed by atoms with Gasteiger partial charge in [-0.05, 0) is 24.6 Å². The van der Waals surface area contributed by atoms with E-state index in [1.54, 1.807) is 7.11 Å². The van der Waals surface area contributed by atoms with E-state index >= 15 is 0 Å².